The molecular weight excluding hydrogens is 334 g/mol. The summed E-state index contributed by atoms with van der Waals surface area (Å²) in [4.78, 5) is 12.8. The van der Waals surface area contributed by atoms with Crippen molar-refractivity contribution in [1.29, 1.82) is 0 Å². The predicted molar refractivity (Wildman–Crippen MR) is 111 cm³/mol. The molecule has 2 atom stereocenters. The summed E-state index contributed by atoms with van der Waals surface area (Å²) in [5, 5.41) is 5.37. The van der Waals surface area contributed by atoms with Crippen LogP contribution < -0.4 is 10.1 Å². The summed E-state index contributed by atoms with van der Waals surface area (Å²) in [6, 6.07) is 20.3. The van der Waals surface area contributed by atoms with E-state index in [0.29, 0.717) is 6.42 Å². The number of nitrogens with one attached hydrogen (secondary N) is 1. The minimum absolute atomic E-state index is 0.0633. The summed E-state index contributed by atoms with van der Waals surface area (Å²) in [6.07, 6.45) is 0.0942. The molecule has 3 nitrogen and oxygen atoms in total. The van der Waals surface area contributed by atoms with E-state index < -0.39 is 6.10 Å². The van der Waals surface area contributed by atoms with Crippen LogP contribution in [0.4, 0.5) is 0 Å². The molecule has 3 rings (SSSR count). The van der Waals surface area contributed by atoms with Gasteiger partial charge in [0, 0.05) is 0 Å². The van der Waals surface area contributed by atoms with E-state index in [-0.39, 0.29) is 11.9 Å². The summed E-state index contributed by atoms with van der Waals surface area (Å²) in [7, 11) is 0. The monoisotopic (exact) mass is 361 g/mol. The van der Waals surface area contributed by atoms with Crippen LogP contribution in [0, 0.1) is 13.8 Å². The Balaban J connectivity index is 1.72. The summed E-state index contributed by atoms with van der Waals surface area (Å²) >= 11 is 0. The van der Waals surface area contributed by atoms with Crippen molar-refractivity contribution >= 4 is 16.7 Å². The molecule has 1 N–H and O–H groups in total. The number of aryl methyl sites for hydroxylation is 2. The van der Waals surface area contributed by atoms with E-state index >= 15 is 0 Å². The fourth-order valence-electron chi connectivity index (χ4n) is 3.34. The van der Waals surface area contributed by atoms with Gasteiger partial charge in [-0.05, 0) is 61.2 Å². The summed E-state index contributed by atoms with van der Waals surface area (Å²) in [5.74, 6) is 0.633. The molecule has 0 aliphatic carbocycles. The highest BCUT2D eigenvalue weighted by Gasteiger charge is 2.21. The molecule has 140 valence electrons. The van der Waals surface area contributed by atoms with E-state index in [1.807, 2.05) is 50.2 Å². The van der Waals surface area contributed by atoms with E-state index in [1.54, 1.807) is 0 Å². The molecule has 0 aliphatic rings. The second-order valence-electron chi connectivity index (χ2n) is 7.11. The van der Waals surface area contributed by atoms with Crippen molar-refractivity contribution in [3.05, 3.63) is 77.4 Å². The van der Waals surface area contributed by atoms with Gasteiger partial charge in [0.15, 0.2) is 6.10 Å². The lowest BCUT2D eigenvalue weighted by atomic mass is 10.00. The summed E-state index contributed by atoms with van der Waals surface area (Å²) in [6.45, 7) is 8.12. The number of benzene rings is 3. The second-order valence-corrected chi connectivity index (χ2v) is 7.11. The van der Waals surface area contributed by atoms with Gasteiger partial charge < -0.3 is 10.1 Å². The van der Waals surface area contributed by atoms with E-state index in [4.69, 9.17) is 4.74 Å². The van der Waals surface area contributed by atoms with Gasteiger partial charge in [-0.25, -0.2) is 0 Å². The molecule has 3 heteroatoms. The second kappa shape index (κ2) is 8.26. The van der Waals surface area contributed by atoms with Crippen molar-refractivity contribution in [2.45, 2.75) is 46.3 Å². The van der Waals surface area contributed by atoms with Gasteiger partial charge >= 0.3 is 0 Å². The summed E-state index contributed by atoms with van der Waals surface area (Å²) < 4.78 is 6.01. The van der Waals surface area contributed by atoms with Crippen LogP contribution in [0.1, 0.15) is 43.0 Å². The lowest BCUT2D eigenvalue weighted by Crippen LogP contribution is -2.39. The fourth-order valence-corrected chi connectivity index (χ4v) is 3.34. The zero-order valence-electron chi connectivity index (χ0n) is 16.5. The maximum atomic E-state index is 12.8. The van der Waals surface area contributed by atoms with Crippen molar-refractivity contribution in [1.82, 2.24) is 5.32 Å². The first-order valence-electron chi connectivity index (χ1n) is 9.51. The molecule has 0 bridgehead atoms. The number of ether oxygens (including phenoxy) is 1. The molecule has 0 heterocycles. The SMILES string of the molecule is CC[C@@H](Oc1ccc2ccccc2c1)C(=O)N[C@H](C)c1cc(C)ccc1C. The Hall–Kier alpha value is -2.81. The van der Waals surface area contributed by atoms with Gasteiger partial charge in [-0.3, -0.25) is 4.79 Å². The van der Waals surface area contributed by atoms with Gasteiger partial charge in [0.25, 0.3) is 5.91 Å². The zero-order valence-corrected chi connectivity index (χ0v) is 16.5. The highest BCUT2D eigenvalue weighted by atomic mass is 16.5. The number of carbonyl (C=O) groups is 1. The molecule has 0 saturated carbocycles. The largest absolute Gasteiger partial charge is 0.481 e. The molecule has 0 aromatic heterocycles. The predicted octanol–water partition coefficient (Wildman–Crippen LogP) is 5.49. The topological polar surface area (TPSA) is 38.3 Å². The molecule has 0 saturated heterocycles. The standard InChI is InChI=1S/C24H27NO2/c1-5-23(27-21-13-12-19-8-6-7-9-20(19)15-21)24(26)25-18(4)22-14-16(2)10-11-17(22)3/h6-15,18,23H,5H2,1-4H3,(H,25,26)/t18-,23-/m1/s1. The normalized spacial score (nSPS) is 13.2. The van der Waals surface area contributed by atoms with E-state index in [9.17, 15) is 4.79 Å². The van der Waals surface area contributed by atoms with Crippen molar-refractivity contribution in [2.24, 2.45) is 0 Å². The van der Waals surface area contributed by atoms with E-state index in [1.165, 1.54) is 11.1 Å². The number of carbonyl (C=O) groups excluding carboxylic acids is 1. The van der Waals surface area contributed by atoms with Crippen LogP contribution in [-0.2, 0) is 4.79 Å². The number of hydrogen-bond donors (Lipinski definition) is 1. The third-order valence-corrected chi connectivity index (χ3v) is 4.92. The first kappa shape index (κ1) is 19.0. The van der Waals surface area contributed by atoms with Crippen LogP contribution in [0.3, 0.4) is 0 Å². The molecule has 0 radical (unpaired) electrons. The fraction of sp³-hybridized carbons (Fsp3) is 0.292. The first-order chi connectivity index (χ1) is 13.0. The molecule has 0 fully saturated rings. The number of hydrogen-bond acceptors (Lipinski definition) is 2. The van der Waals surface area contributed by atoms with E-state index in [0.717, 1.165) is 22.1 Å². The van der Waals surface area contributed by atoms with Crippen LogP contribution in [0.2, 0.25) is 0 Å². The van der Waals surface area contributed by atoms with Crippen LogP contribution in [0.15, 0.2) is 60.7 Å². The molecular formula is C24H27NO2. The molecule has 0 aliphatic heterocycles. The lowest BCUT2D eigenvalue weighted by molar-refractivity contribution is -0.128. The highest BCUT2D eigenvalue weighted by molar-refractivity contribution is 5.84. The van der Waals surface area contributed by atoms with Crippen LogP contribution in [-0.4, -0.2) is 12.0 Å². The van der Waals surface area contributed by atoms with Crippen molar-refractivity contribution < 1.29 is 9.53 Å². The van der Waals surface area contributed by atoms with Crippen molar-refractivity contribution in [2.75, 3.05) is 0 Å². The van der Waals surface area contributed by atoms with Gasteiger partial charge in [-0.2, -0.15) is 0 Å². The van der Waals surface area contributed by atoms with Crippen LogP contribution in [0.5, 0.6) is 5.75 Å². The quantitative estimate of drug-likeness (QED) is 0.630. The number of amides is 1. The third kappa shape index (κ3) is 4.48. The summed E-state index contributed by atoms with van der Waals surface area (Å²) in [5.41, 5.74) is 3.51. The minimum Gasteiger partial charge on any atom is -0.481 e. The van der Waals surface area contributed by atoms with Gasteiger partial charge in [0.2, 0.25) is 0 Å². The Kier molecular flexibility index (Phi) is 5.80. The molecule has 0 unspecified atom stereocenters. The third-order valence-electron chi connectivity index (χ3n) is 4.92. The minimum atomic E-state index is -0.515. The van der Waals surface area contributed by atoms with Gasteiger partial charge in [-0.1, -0.05) is 61.0 Å². The Bertz CT molecular complexity index is 948. The molecule has 27 heavy (non-hydrogen) atoms. The van der Waals surface area contributed by atoms with Gasteiger partial charge in [0.1, 0.15) is 5.75 Å². The Morgan fingerprint density at radius 3 is 2.48 bits per heavy atom. The Morgan fingerprint density at radius 2 is 1.74 bits per heavy atom. The van der Waals surface area contributed by atoms with Gasteiger partial charge in [-0.15, -0.1) is 0 Å². The number of rotatable bonds is 6. The average molecular weight is 361 g/mol. The van der Waals surface area contributed by atoms with Crippen LogP contribution in [0.25, 0.3) is 10.8 Å². The smallest absolute Gasteiger partial charge is 0.261 e. The van der Waals surface area contributed by atoms with Gasteiger partial charge in [0.05, 0.1) is 6.04 Å². The molecule has 3 aromatic carbocycles. The lowest BCUT2D eigenvalue weighted by Gasteiger charge is -2.22. The molecule has 0 spiro atoms. The maximum absolute atomic E-state index is 12.8. The van der Waals surface area contributed by atoms with Crippen LogP contribution >= 0.6 is 0 Å². The molecule has 1 amide bonds. The highest BCUT2D eigenvalue weighted by Crippen LogP contribution is 2.23. The Labute approximate surface area is 161 Å². The average Bonchev–Trinajstić information content (AvgIpc) is 2.67. The van der Waals surface area contributed by atoms with E-state index in [2.05, 4.69) is 43.4 Å². The maximum Gasteiger partial charge on any atom is 0.261 e. The zero-order chi connectivity index (χ0) is 19.4. The van der Waals surface area contributed by atoms with Crippen molar-refractivity contribution in [3.8, 4) is 5.75 Å². The molecule has 3 aromatic rings. The Morgan fingerprint density at radius 1 is 1.00 bits per heavy atom. The first-order valence-corrected chi connectivity index (χ1v) is 9.51. The van der Waals surface area contributed by atoms with Crippen molar-refractivity contribution in [3.63, 3.8) is 0 Å². The number of fused-ring (bicyclic) bond motifs is 1.